The monoisotopic (exact) mass is 430 g/mol. The number of carbonyl (C=O) groups excluding carboxylic acids is 2. The number of nitrogens with one attached hydrogen (secondary N) is 1. The summed E-state index contributed by atoms with van der Waals surface area (Å²) in [5, 5.41) is 20.3. The van der Waals surface area contributed by atoms with Crippen LogP contribution in [0, 0.1) is 5.92 Å². The third-order valence-corrected chi connectivity index (χ3v) is 5.34. The normalized spacial score (nSPS) is 12.5. The molecule has 1 unspecified atom stereocenters. The van der Waals surface area contributed by atoms with Crippen LogP contribution in [0.4, 0.5) is 0 Å². The molecule has 0 saturated heterocycles. The van der Waals surface area contributed by atoms with E-state index in [4.69, 9.17) is 5.11 Å². The first-order valence-corrected chi connectivity index (χ1v) is 10.2. The lowest BCUT2D eigenvalue weighted by Gasteiger charge is -2.20. The molecule has 2 rings (SSSR count). The predicted octanol–water partition coefficient (Wildman–Crippen LogP) is 2.25. The summed E-state index contributed by atoms with van der Waals surface area (Å²) in [5.41, 5.74) is 1.27. The minimum Gasteiger partial charge on any atom is -0.481 e. The SMILES string of the molecule is O=C(O)CC[C@H](NC(=O)C(CSC(=O)c1cccnc1)Cc1ccccc1)C(=O)O. The minimum absolute atomic E-state index is 0.139. The number of hydrogen-bond donors (Lipinski definition) is 3. The van der Waals surface area contributed by atoms with Crippen LogP contribution in [0.2, 0.25) is 0 Å². The number of nitrogens with zero attached hydrogens (tertiary/aromatic N) is 1. The van der Waals surface area contributed by atoms with Gasteiger partial charge in [-0.15, -0.1) is 0 Å². The van der Waals surface area contributed by atoms with Crippen LogP contribution < -0.4 is 5.32 Å². The first-order valence-electron chi connectivity index (χ1n) is 9.23. The maximum atomic E-state index is 12.8. The zero-order valence-electron chi connectivity index (χ0n) is 16.1. The maximum Gasteiger partial charge on any atom is 0.326 e. The second kappa shape index (κ2) is 11.7. The van der Waals surface area contributed by atoms with Gasteiger partial charge in [-0.3, -0.25) is 19.4 Å². The summed E-state index contributed by atoms with van der Waals surface area (Å²) in [6, 6.07) is 11.1. The molecule has 8 nitrogen and oxygen atoms in total. The van der Waals surface area contributed by atoms with E-state index in [1.165, 1.54) is 6.20 Å². The van der Waals surface area contributed by atoms with E-state index in [1.54, 1.807) is 18.3 Å². The fourth-order valence-electron chi connectivity index (χ4n) is 2.68. The minimum atomic E-state index is -1.31. The van der Waals surface area contributed by atoms with Gasteiger partial charge >= 0.3 is 11.9 Å². The highest BCUT2D eigenvalue weighted by Crippen LogP contribution is 2.19. The van der Waals surface area contributed by atoms with Crippen LogP contribution in [-0.2, 0) is 20.8 Å². The van der Waals surface area contributed by atoms with Crippen molar-refractivity contribution in [2.75, 3.05) is 5.75 Å². The van der Waals surface area contributed by atoms with E-state index in [2.05, 4.69) is 10.3 Å². The van der Waals surface area contributed by atoms with Gasteiger partial charge in [0.2, 0.25) is 11.0 Å². The molecule has 0 aliphatic carbocycles. The van der Waals surface area contributed by atoms with Crippen molar-refractivity contribution in [1.29, 1.82) is 0 Å². The molecule has 0 fully saturated rings. The molecule has 0 spiro atoms. The Kier molecular flexibility index (Phi) is 9.02. The molecule has 0 bridgehead atoms. The summed E-state index contributed by atoms with van der Waals surface area (Å²) in [4.78, 5) is 51.2. The molecule has 1 aromatic heterocycles. The van der Waals surface area contributed by atoms with Crippen LogP contribution >= 0.6 is 11.8 Å². The number of rotatable bonds is 11. The number of benzene rings is 1. The van der Waals surface area contributed by atoms with Gasteiger partial charge in [-0.25, -0.2) is 4.79 Å². The molecule has 1 heterocycles. The summed E-state index contributed by atoms with van der Waals surface area (Å²) in [6.07, 6.45) is 2.69. The molecule has 0 saturated carbocycles. The van der Waals surface area contributed by atoms with Crippen molar-refractivity contribution >= 4 is 34.7 Å². The van der Waals surface area contributed by atoms with E-state index in [0.29, 0.717) is 12.0 Å². The van der Waals surface area contributed by atoms with Gasteiger partial charge in [0, 0.05) is 30.1 Å². The number of carboxylic acids is 2. The highest BCUT2D eigenvalue weighted by Gasteiger charge is 2.27. The molecule has 9 heteroatoms. The second-order valence-electron chi connectivity index (χ2n) is 6.56. The van der Waals surface area contributed by atoms with Crippen LogP contribution in [0.3, 0.4) is 0 Å². The van der Waals surface area contributed by atoms with Crippen molar-refractivity contribution in [2.45, 2.75) is 25.3 Å². The van der Waals surface area contributed by atoms with E-state index in [-0.39, 0.29) is 23.7 Å². The Morgan fingerprint density at radius 2 is 1.77 bits per heavy atom. The summed E-state index contributed by atoms with van der Waals surface area (Å²) in [6.45, 7) is 0. The maximum absolute atomic E-state index is 12.8. The number of carbonyl (C=O) groups is 4. The predicted molar refractivity (Wildman–Crippen MR) is 111 cm³/mol. The molecule has 2 aromatic rings. The highest BCUT2D eigenvalue weighted by molar-refractivity contribution is 8.14. The van der Waals surface area contributed by atoms with Crippen LogP contribution in [0.25, 0.3) is 0 Å². The van der Waals surface area contributed by atoms with Gasteiger partial charge in [-0.1, -0.05) is 42.1 Å². The first-order chi connectivity index (χ1) is 14.4. The van der Waals surface area contributed by atoms with Crippen LogP contribution in [0.15, 0.2) is 54.9 Å². The summed E-state index contributed by atoms with van der Waals surface area (Å²) in [7, 11) is 0. The van der Waals surface area contributed by atoms with E-state index in [9.17, 15) is 24.3 Å². The summed E-state index contributed by atoms with van der Waals surface area (Å²) >= 11 is 0.958. The van der Waals surface area contributed by atoms with Gasteiger partial charge in [-0.2, -0.15) is 0 Å². The van der Waals surface area contributed by atoms with E-state index in [1.807, 2.05) is 30.3 Å². The largest absolute Gasteiger partial charge is 0.481 e. The smallest absolute Gasteiger partial charge is 0.326 e. The fourth-order valence-corrected chi connectivity index (χ4v) is 3.59. The number of hydrogen-bond acceptors (Lipinski definition) is 6. The number of carboxylic acid groups (broad SMARTS) is 2. The van der Waals surface area contributed by atoms with Crippen molar-refractivity contribution < 1.29 is 29.4 Å². The first kappa shape index (κ1) is 23.1. The Morgan fingerprint density at radius 3 is 2.37 bits per heavy atom. The van der Waals surface area contributed by atoms with Gasteiger partial charge in [0.05, 0.1) is 5.92 Å². The molecule has 158 valence electrons. The molecule has 2 atom stereocenters. The Morgan fingerprint density at radius 1 is 1.03 bits per heavy atom. The van der Waals surface area contributed by atoms with E-state index in [0.717, 1.165) is 17.3 Å². The van der Waals surface area contributed by atoms with Crippen molar-refractivity contribution in [3.05, 3.63) is 66.0 Å². The van der Waals surface area contributed by atoms with Crippen LogP contribution in [0.5, 0.6) is 0 Å². The molecular weight excluding hydrogens is 408 g/mol. The van der Waals surface area contributed by atoms with E-state index < -0.39 is 29.8 Å². The topological polar surface area (TPSA) is 134 Å². The summed E-state index contributed by atoms with van der Waals surface area (Å²) in [5.74, 6) is -3.52. The molecule has 0 aliphatic rings. The van der Waals surface area contributed by atoms with Gasteiger partial charge in [0.15, 0.2) is 0 Å². The highest BCUT2D eigenvalue weighted by atomic mass is 32.2. The molecule has 3 N–H and O–H groups in total. The fraction of sp³-hybridized carbons (Fsp3) is 0.286. The van der Waals surface area contributed by atoms with Crippen molar-refractivity contribution in [3.8, 4) is 0 Å². The molecule has 1 amide bonds. The number of aliphatic carboxylic acids is 2. The second-order valence-corrected chi connectivity index (χ2v) is 7.55. The Bertz CT molecular complexity index is 876. The van der Waals surface area contributed by atoms with Crippen LogP contribution in [-0.4, -0.2) is 50.0 Å². The zero-order chi connectivity index (χ0) is 21.9. The summed E-state index contributed by atoms with van der Waals surface area (Å²) < 4.78 is 0. The van der Waals surface area contributed by atoms with Gasteiger partial charge < -0.3 is 15.5 Å². The lowest BCUT2D eigenvalue weighted by molar-refractivity contribution is -0.143. The Balaban J connectivity index is 2.09. The zero-order valence-corrected chi connectivity index (χ0v) is 16.9. The van der Waals surface area contributed by atoms with Crippen molar-refractivity contribution in [3.63, 3.8) is 0 Å². The average molecular weight is 430 g/mol. The lowest BCUT2D eigenvalue weighted by atomic mass is 9.99. The van der Waals surface area contributed by atoms with E-state index >= 15 is 0 Å². The number of amides is 1. The molecule has 0 radical (unpaired) electrons. The Hall–Kier alpha value is -3.20. The van der Waals surface area contributed by atoms with Crippen LogP contribution in [0.1, 0.15) is 28.8 Å². The number of aromatic nitrogens is 1. The van der Waals surface area contributed by atoms with Gasteiger partial charge in [0.25, 0.3) is 0 Å². The quantitative estimate of drug-likeness (QED) is 0.494. The van der Waals surface area contributed by atoms with Gasteiger partial charge in [0.1, 0.15) is 6.04 Å². The number of thioether (sulfide) groups is 1. The molecule has 0 aliphatic heterocycles. The standard InChI is InChI=1S/C21H22N2O6S/c24-18(25)9-8-17(20(27)28)23-19(26)16(11-14-5-2-1-3-6-14)13-30-21(29)15-7-4-10-22-12-15/h1-7,10,12,16-17H,8-9,11,13H2,(H,23,26)(H,24,25)(H,27,28)/t16?,17-/m0/s1. The third-order valence-electron chi connectivity index (χ3n) is 4.27. The Labute approximate surface area is 177 Å². The third kappa shape index (κ3) is 7.67. The molecule has 1 aromatic carbocycles. The average Bonchev–Trinajstić information content (AvgIpc) is 2.74. The molecular formula is C21H22N2O6S. The molecule has 30 heavy (non-hydrogen) atoms. The van der Waals surface area contributed by atoms with Crippen molar-refractivity contribution in [1.82, 2.24) is 10.3 Å². The lowest BCUT2D eigenvalue weighted by Crippen LogP contribution is -2.45. The number of pyridine rings is 1. The van der Waals surface area contributed by atoms with Crippen molar-refractivity contribution in [2.24, 2.45) is 5.92 Å². The van der Waals surface area contributed by atoms with Gasteiger partial charge in [-0.05, 0) is 30.5 Å².